The fourth-order valence-corrected chi connectivity index (χ4v) is 2.16. The second-order valence-electron chi connectivity index (χ2n) is 5.01. The molecule has 0 aliphatic heterocycles. The highest BCUT2D eigenvalue weighted by Crippen LogP contribution is 2.13. The summed E-state index contributed by atoms with van der Waals surface area (Å²) in [5.41, 5.74) is 3.26. The molecule has 6 nitrogen and oxygen atoms in total. The van der Waals surface area contributed by atoms with Gasteiger partial charge in [0.2, 0.25) is 5.95 Å². The number of benzene rings is 1. The lowest BCUT2D eigenvalue weighted by molar-refractivity contribution is 0.102. The Hall–Kier alpha value is -3.02. The molecule has 0 saturated carbocycles. The molecule has 110 valence electrons. The topological polar surface area (TPSA) is 72.7 Å². The highest BCUT2D eigenvalue weighted by atomic mass is 16.1. The average molecular weight is 293 g/mol. The van der Waals surface area contributed by atoms with Crippen LogP contribution in [-0.4, -0.2) is 25.4 Å². The number of aromatic nitrogens is 4. The number of nitrogens with one attached hydrogen (secondary N) is 1. The number of hydrogen-bond donors (Lipinski definition) is 1. The first-order valence-electron chi connectivity index (χ1n) is 6.82. The SMILES string of the molecule is Cc1ccc(C(=O)Nc2cnc(-n3ccnc3)nc2)c(C)c1. The van der Waals surface area contributed by atoms with Crippen LogP contribution in [0.15, 0.2) is 49.3 Å². The van der Waals surface area contributed by atoms with Crippen molar-refractivity contribution in [2.75, 3.05) is 5.32 Å². The van der Waals surface area contributed by atoms with Gasteiger partial charge in [-0.2, -0.15) is 0 Å². The fraction of sp³-hybridized carbons (Fsp3) is 0.125. The standard InChI is InChI=1S/C16H15N5O/c1-11-3-4-14(12(2)7-11)15(22)20-13-8-18-16(19-9-13)21-6-5-17-10-21/h3-10H,1-2H3,(H,20,22). The predicted molar refractivity (Wildman–Crippen MR) is 83.0 cm³/mol. The summed E-state index contributed by atoms with van der Waals surface area (Å²) in [6.07, 6.45) is 8.17. The van der Waals surface area contributed by atoms with E-state index in [-0.39, 0.29) is 5.91 Å². The number of amides is 1. The van der Waals surface area contributed by atoms with E-state index in [4.69, 9.17) is 0 Å². The summed E-state index contributed by atoms with van der Waals surface area (Å²) in [5.74, 6) is 0.332. The van der Waals surface area contributed by atoms with Gasteiger partial charge in [-0.3, -0.25) is 9.36 Å². The number of nitrogens with zero attached hydrogens (tertiary/aromatic N) is 4. The van der Waals surface area contributed by atoms with Crippen LogP contribution in [0.2, 0.25) is 0 Å². The van der Waals surface area contributed by atoms with E-state index in [2.05, 4.69) is 20.3 Å². The van der Waals surface area contributed by atoms with Crippen LogP contribution in [0.3, 0.4) is 0 Å². The van der Waals surface area contributed by atoms with E-state index in [1.54, 1.807) is 35.7 Å². The van der Waals surface area contributed by atoms with Crippen molar-refractivity contribution in [2.45, 2.75) is 13.8 Å². The van der Waals surface area contributed by atoms with Gasteiger partial charge in [0.1, 0.15) is 6.33 Å². The first-order valence-corrected chi connectivity index (χ1v) is 6.82. The van der Waals surface area contributed by atoms with Crippen molar-refractivity contribution in [3.63, 3.8) is 0 Å². The van der Waals surface area contributed by atoms with Crippen molar-refractivity contribution >= 4 is 11.6 Å². The molecule has 1 N–H and O–H groups in total. The van der Waals surface area contributed by atoms with Gasteiger partial charge < -0.3 is 5.32 Å². The summed E-state index contributed by atoms with van der Waals surface area (Å²) in [7, 11) is 0. The maximum absolute atomic E-state index is 12.3. The van der Waals surface area contributed by atoms with Crippen LogP contribution in [0.25, 0.3) is 5.95 Å². The molecule has 0 spiro atoms. The molecule has 2 aromatic heterocycles. The van der Waals surface area contributed by atoms with E-state index in [1.165, 1.54) is 0 Å². The van der Waals surface area contributed by atoms with Crippen molar-refractivity contribution in [3.8, 4) is 5.95 Å². The number of rotatable bonds is 3. The zero-order chi connectivity index (χ0) is 15.5. The van der Waals surface area contributed by atoms with Gasteiger partial charge in [0.25, 0.3) is 5.91 Å². The molecular weight excluding hydrogens is 278 g/mol. The highest BCUT2D eigenvalue weighted by molar-refractivity contribution is 6.05. The summed E-state index contributed by atoms with van der Waals surface area (Å²) < 4.78 is 1.69. The van der Waals surface area contributed by atoms with Gasteiger partial charge in [-0.15, -0.1) is 0 Å². The largest absolute Gasteiger partial charge is 0.319 e. The average Bonchev–Trinajstić information content (AvgIpc) is 3.02. The van der Waals surface area contributed by atoms with Crippen molar-refractivity contribution in [3.05, 3.63) is 66.0 Å². The van der Waals surface area contributed by atoms with Crippen LogP contribution in [0.1, 0.15) is 21.5 Å². The quantitative estimate of drug-likeness (QED) is 0.805. The molecule has 0 aliphatic carbocycles. The van der Waals surface area contributed by atoms with Gasteiger partial charge in [-0.25, -0.2) is 15.0 Å². The van der Waals surface area contributed by atoms with E-state index in [0.717, 1.165) is 11.1 Å². The number of hydrogen-bond acceptors (Lipinski definition) is 4. The van der Waals surface area contributed by atoms with Gasteiger partial charge in [0.05, 0.1) is 18.1 Å². The Morgan fingerprint density at radius 1 is 1.18 bits per heavy atom. The molecule has 0 saturated heterocycles. The van der Waals surface area contributed by atoms with Crippen LogP contribution >= 0.6 is 0 Å². The second-order valence-corrected chi connectivity index (χ2v) is 5.01. The van der Waals surface area contributed by atoms with Crippen molar-refractivity contribution in [2.24, 2.45) is 0 Å². The van der Waals surface area contributed by atoms with Gasteiger partial charge in [-0.05, 0) is 25.5 Å². The number of aryl methyl sites for hydroxylation is 2. The molecule has 0 unspecified atom stereocenters. The summed E-state index contributed by atoms with van der Waals surface area (Å²) in [6, 6.07) is 5.72. The Kier molecular flexibility index (Phi) is 3.65. The normalized spacial score (nSPS) is 10.5. The molecule has 0 fully saturated rings. The zero-order valence-corrected chi connectivity index (χ0v) is 12.3. The maximum Gasteiger partial charge on any atom is 0.256 e. The molecular formula is C16H15N5O. The van der Waals surface area contributed by atoms with Crippen molar-refractivity contribution < 1.29 is 4.79 Å². The van der Waals surface area contributed by atoms with E-state index in [0.29, 0.717) is 17.2 Å². The molecule has 1 amide bonds. The minimum absolute atomic E-state index is 0.170. The Labute approximate surface area is 127 Å². The Bertz CT molecular complexity index is 794. The number of anilines is 1. The second kappa shape index (κ2) is 5.77. The summed E-state index contributed by atoms with van der Waals surface area (Å²) in [5, 5.41) is 2.80. The fourth-order valence-electron chi connectivity index (χ4n) is 2.16. The molecule has 0 aliphatic rings. The molecule has 3 rings (SSSR count). The molecule has 6 heteroatoms. The lowest BCUT2D eigenvalue weighted by Gasteiger charge is -2.08. The minimum atomic E-state index is -0.170. The van der Waals surface area contributed by atoms with Crippen molar-refractivity contribution in [1.82, 2.24) is 19.5 Å². The third-order valence-electron chi connectivity index (χ3n) is 3.26. The van der Waals surface area contributed by atoms with Crippen LogP contribution in [0, 0.1) is 13.8 Å². The van der Waals surface area contributed by atoms with Crippen LogP contribution < -0.4 is 5.32 Å². The molecule has 1 aromatic carbocycles. The summed E-state index contributed by atoms with van der Waals surface area (Å²) in [4.78, 5) is 24.6. The van der Waals surface area contributed by atoms with Crippen LogP contribution in [0.5, 0.6) is 0 Å². The van der Waals surface area contributed by atoms with Crippen molar-refractivity contribution in [1.29, 1.82) is 0 Å². The van der Waals surface area contributed by atoms with Crippen LogP contribution in [0.4, 0.5) is 5.69 Å². The Morgan fingerprint density at radius 3 is 2.59 bits per heavy atom. The summed E-state index contributed by atoms with van der Waals surface area (Å²) in [6.45, 7) is 3.91. The maximum atomic E-state index is 12.3. The molecule has 2 heterocycles. The lowest BCUT2D eigenvalue weighted by Crippen LogP contribution is -2.14. The zero-order valence-electron chi connectivity index (χ0n) is 12.3. The van der Waals surface area contributed by atoms with Crippen LogP contribution in [-0.2, 0) is 0 Å². The number of carbonyl (C=O) groups is 1. The van der Waals surface area contributed by atoms with Gasteiger partial charge in [0, 0.05) is 18.0 Å². The molecule has 0 radical (unpaired) electrons. The van der Waals surface area contributed by atoms with E-state index < -0.39 is 0 Å². The molecule has 22 heavy (non-hydrogen) atoms. The van der Waals surface area contributed by atoms with Gasteiger partial charge >= 0.3 is 0 Å². The molecule has 3 aromatic rings. The minimum Gasteiger partial charge on any atom is -0.319 e. The molecule has 0 bridgehead atoms. The number of imidazole rings is 1. The first-order chi connectivity index (χ1) is 10.6. The predicted octanol–water partition coefficient (Wildman–Crippen LogP) is 2.53. The third kappa shape index (κ3) is 2.85. The third-order valence-corrected chi connectivity index (χ3v) is 3.26. The van der Waals surface area contributed by atoms with E-state index in [1.807, 2.05) is 32.0 Å². The smallest absolute Gasteiger partial charge is 0.256 e. The Morgan fingerprint density at radius 2 is 1.95 bits per heavy atom. The number of carbonyl (C=O) groups excluding carboxylic acids is 1. The lowest BCUT2D eigenvalue weighted by atomic mass is 10.1. The molecule has 0 atom stereocenters. The highest BCUT2D eigenvalue weighted by Gasteiger charge is 2.10. The monoisotopic (exact) mass is 293 g/mol. The summed E-state index contributed by atoms with van der Waals surface area (Å²) >= 11 is 0. The van der Waals surface area contributed by atoms with E-state index in [9.17, 15) is 4.79 Å². The first kappa shape index (κ1) is 13.9. The Balaban J connectivity index is 1.77. The van der Waals surface area contributed by atoms with Gasteiger partial charge in [-0.1, -0.05) is 17.7 Å². The van der Waals surface area contributed by atoms with Gasteiger partial charge in [0.15, 0.2) is 0 Å². The van der Waals surface area contributed by atoms with E-state index >= 15 is 0 Å².